The summed E-state index contributed by atoms with van der Waals surface area (Å²) in [6, 6.07) is 14.8. The molecule has 5 heteroatoms. The maximum absolute atomic E-state index is 13.0. The highest BCUT2D eigenvalue weighted by atomic mass is 19.1. The second-order valence-electron chi connectivity index (χ2n) is 7.79. The number of halogens is 1. The van der Waals surface area contributed by atoms with Gasteiger partial charge >= 0.3 is 0 Å². The van der Waals surface area contributed by atoms with Crippen LogP contribution >= 0.6 is 0 Å². The van der Waals surface area contributed by atoms with Gasteiger partial charge in [0, 0.05) is 25.1 Å². The molecule has 1 aromatic heterocycles. The maximum atomic E-state index is 13.0. The molecule has 0 radical (unpaired) electrons. The number of rotatable bonds is 6. The van der Waals surface area contributed by atoms with E-state index in [9.17, 15) is 4.39 Å². The van der Waals surface area contributed by atoms with Crippen molar-refractivity contribution in [3.8, 4) is 5.75 Å². The van der Waals surface area contributed by atoms with Crippen LogP contribution in [0.25, 0.3) is 6.08 Å². The zero-order valence-electron chi connectivity index (χ0n) is 17.5. The van der Waals surface area contributed by atoms with Crippen molar-refractivity contribution in [1.29, 1.82) is 0 Å². The molecule has 2 heterocycles. The van der Waals surface area contributed by atoms with Gasteiger partial charge in [-0.05, 0) is 62.1 Å². The number of hydrogen-bond donors (Lipinski definition) is 0. The molecule has 0 saturated carbocycles. The van der Waals surface area contributed by atoms with Gasteiger partial charge in [-0.25, -0.2) is 4.39 Å². The number of nitrogens with zero attached hydrogens (tertiary/aromatic N) is 2. The van der Waals surface area contributed by atoms with Gasteiger partial charge in [-0.1, -0.05) is 41.1 Å². The Morgan fingerprint density at radius 1 is 1.10 bits per heavy atom. The Hall–Kier alpha value is -3.08. The quantitative estimate of drug-likeness (QED) is 0.524. The Morgan fingerprint density at radius 3 is 2.57 bits per heavy atom. The van der Waals surface area contributed by atoms with E-state index in [2.05, 4.69) is 35.2 Å². The molecule has 0 N–H and O–H groups in total. The standard InChI is InChI=1S/C25H27FN2O2/c1-18-19(2)27-30-25(18)28-13-10-21(11-14-28)16-22-4-3-5-24(17-22)29-15-12-20-6-8-23(26)9-7-20/h3-9,16-17H,10-15H2,1-2H3. The van der Waals surface area contributed by atoms with Crippen molar-refractivity contribution in [3.63, 3.8) is 0 Å². The van der Waals surface area contributed by atoms with Crippen molar-refractivity contribution in [2.24, 2.45) is 0 Å². The monoisotopic (exact) mass is 406 g/mol. The third-order valence-corrected chi connectivity index (χ3v) is 5.63. The molecule has 0 spiro atoms. The molecular weight excluding hydrogens is 379 g/mol. The number of hydrogen-bond acceptors (Lipinski definition) is 4. The lowest BCUT2D eigenvalue weighted by Gasteiger charge is -2.28. The van der Waals surface area contributed by atoms with Gasteiger partial charge in [0.2, 0.25) is 5.88 Å². The zero-order chi connectivity index (χ0) is 20.9. The molecule has 0 aliphatic carbocycles. The summed E-state index contributed by atoms with van der Waals surface area (Å²) in [4.78, 5) is 2.28. The van der Waals surface area contributed by atoms with E-state index in [1.54, 1.807) is 12.1 Å². The molecule has 1 saturated heterocycles. The molecule has 4 rings (SSSR count). The highest BCUT2D eigenvalue weighted by Crippen LogP contribution is 2.28. The highest BCUT2D eigenvalue weighted by Gasteiger charge is 2.20. The first kappa shape index (κ1) is 20.2. The average molecular weight is 407 g/mol. The first-order chi connectivity index (χ1) is 14.6. The summed E-state index contributed by atoms with van der Waals surface area (Å²) in [5, 5.41) is 4.07. The molecule has 2 aromatic carbocycles. The Bertz CT molecular complexity index is 1010. The van der Waals surface area contributed by atoms with Crippen molar-refractivity contribution in [1.82, 2.24) is 5.16 Å². The van der Waals surface area contributed by atoms with Crippen LogP contribution in [-0.2, 0) is 6.42 Å². The van der Waals surface area contributed by atoms with E-state index in [0.29, 0.717) is 6.61 Å². The molecule has 4 nitrogen and oxygen atoms in total. The molecule has 1 aliphatic heterocycles. The molecule has 0 bridgehead atoms. The van der Waals surface area contributed by atoms with Gasteiger partial charge in [0.05, 0.1) is 12.3 Å². The lowest BCUT2D eigenvalue weighted by atomic mass is 10.0. The fourth-order valence-corrected chi connectivity index (χ4v) is 3.71. The maximum Gasteiger partial charge on any atom is 0.230 e. The average Bonchev–Trinajstić information content (AvgIpc) is 3.09. The number of aromatic nitrogens is 1. The van der Waals surface area contributed by atoms with E-state index in [0.717, 1.165) is 66.4 Å². The third kappa shape index (κ3) is 4.90. The van der Waals surface area contributed by atoms with Crippen LogP contribution in [0.15, 0.2) is 58.6 Å². The summed E-state index contributed by atoms with van der Waals surface area (Å²) in [6.45, 7) is 6.49. The normalized spacial score (nSPS) is 14.1. The largest absolute Gasteiger partial charge is 0.493 e. The molecule has 156 valence electrons. The van der Waals surface area contributed by atoms with Crippen LogP contribution in [0.1, 0.15) is 35.2 Å². The van der Waals surface area contributed by atoms with Crippen molar-refractivity contribution in [2.45, 2.75) is 33.1 Å². The molecular formula is C25H27FN2O2. The predicted octanol–water partition coefficient (Wildman–Crippen LogP) is 5.74. The minimum absolute atomic E-state index is 0.211. The van der Waals surface area contributed by atoms with E-state index in [1.807, 2.05) is 19.1 Å². The lowest BCUT2D eigenvalue weighted by Crippen LogP contribution is -2.30. The molecule has 3 aromatic rings. The van der Waals surface area contributed by atoms with Gasteiger partial charge in [0.25, 0.3) is 0 Å². The molecule has 1 fully saturated rings. The first-order valence-corrected chi connectivity index (χ1v) is 10.4. The van der Waals surface area contributed by atoms with E-state index < -0.39 is 0 Å². The van der Waals surface area contributed by atoms with Crippen LogP contribution in [0.5, 0.6) is 5.75 Å². The van der Waals surface area contributed by atoms with Gasteiger partial charge in [0.15, 0.2) is 0 Å². The second-order valence-corrected chi connectivity index (χ2v) is 7.79. The third-order valence-electron chi connectivity index (χ3n) is 5.63. The molecule has 30 heavy (non-hydrogen) atoms. The zero-order valence-corrected chi connectivity index (χ0v) is 17.5. The topological polar surface area (TPSA) is 38.5 Å². The number of ether oxygens (including phenoxy) is 1. The predicted molar refractivity (Wildman–Crippen MR) is 117 cm³/mol. The smallest absolute Gasteiger partial charge is 0.230 e. The highest BCUT2D eigenvalue weighted by molar-refractivity contribution is 5.56. The summed E-state index contributed by atoms with van der Waals surface area (Å²) < 4.78 is 24.4. The van der Waals surface area contributed by atoms with E-state index in [-0.39, 0.29) is 5.82 Å². The van der Waals surface area contributed by atoms with E-state index >= 15 is 0 Å². The minimum Gasteiger partial charge on any atom is -0.493 e. The van der Waals surface area contributed by atoms with Crippen LogP contribution in [0.2, 0.25) is 0 Å². The van der Waals surface area contributed by atoms with Crippen LogP contribution in [0.3, 0.4) is 0 Å². The summed E-state index contributed by atoms with van der Waals surface area (Å²) in [7, 11) is 0. The van der Waals surface area contributed by atoms with Crippen molar-refractivity contribution in [2.75, 3.05) is 24.6 Å². The second kappa shape index (κ2) is 9.16. The molecule has 0 atom stereocenters. The first-order valence-electron chi connectivity index (χ1n) is 10.4. The summed E-state index contributed by atoms with van der Waals surface area (Å²) in [5.74, 6) is 1.55. The fourth-order valence-electron chi connectivity index (χ4n) is 3.71. The summed E-state index contributed by atoms with van der Waals surface area (Å²) in [6.07, 6.45) is 5.04. The minimum atomic E-state index is -0.211. The number of piperidine rings is 1. The number of benzene rings is 2. The summed E-state index contributed by atoms with van der Waals surface area (Å²) >= 11 is 0. The number of aryl methyl sites for hydroxylation is 1. The van der Waals surface area contributed by atoms with Gasteiger partial charge < -0.3 is 14.2 Å². The molecule has 0 amide bonds. The van der Waals surface area contributed by atoms with Crippen LogP contribution in [-0.4, -0.2) is 24.9 Å². The Kier molecular flexibility index (Phi) is 6.17. The van der Waals surface area contributed by atoms with Crippen molar-refractivity contribution < 1.29 is 13.7 Å². The summed E-state index contributed by atoms with van der Waals surface area (Å²) in [5.41, 5.74) is 5.75. The SMILES string of the molecule is Cc1noc(N2CCC(=Cc3cccc(OCCc4ccc(F)cc4)c3)CC2)c1C. The number of anilines is 1. The molecule has 0 unspecified atom stereocenters. The van der Waals surface area contributed by atoms with Crippen molar-refractivity contribution >= 4 is 12.0 Å². The molecule has 1 aliphatic rings. The van der Waals surface area contributed by atoms with Crippen molar-refractivity contribution in [3.05, 3.63) is 82.3 Å². The van der Waals surface area contributed by atoms with Crippen LogP contribution < -0.4 is 9.64 Å². The lowest BCUT2D eigenvalue weighted by molar-refractivity contribution is 0.322. The van der Waals surface area contributed by atoms with Crippen LogP contribution in [0, 0.1) is 19.7 Å². The van der Waals surface area contributed by atoms with Crippen LogP contribution in [0.4, 0.5) is 10.3 Å². The van der Waals surface area contributed by atoms with Gasteiger partial charge in [-0.15, -0.1) is 0 Å². The van der Waals surface area contributed by atoms with Gasteiger partial charge in [-0.3, -0.25) is 0 Å². The van der Waals surface area contributed by atoms with Gasteiger partial charge in [-0.2, -0.15) is 0 Å². The Morgan fingerprint density at radius 2 is 1.87 bits per heavy atom. The fraction of sp³-hybridized carbons (Fsp3) is 0.320. The van der Waals surface area contributed by atoms with Gasteiger partial charge in [0.1, 0.15) is 11.6 Å². The van der Waals surface area contributed by atoms with E-state index in [1.165, 1.54) is 17.7 Å². The Balaban J connectivity index is 1.32. The van der Waals surface area contributed by atoms with E-state index in [4.69, 9.17) is 9.26 Å². The Labute approximate surface area is 177 Å².